The molecule has 2 rings (SSSR count). The van der Waals surface area contributed by atoms with Crippen molar-refractivity contribution in [1.29, 1.82) is 0 Å². The van der Waals surface area contributed by atoms with Gasteiger partial charge in [-0.05, 0) is 30.5 Å². The van der Waals surface area contributed by atoms with E-state index < -0.39 is 5.82 Å². The van der Waals surface area contributed by atoms with E-state index in [1.54, 1.807) is 6.07 Å². The number of benzene rings is 1. The van der Waals surface area contributed by atoms with Gasteiger partial charge in [0.1, 0.15) is 0 Å². The van der Waals surface area contributed by atoms with Crippen LogP contribution in [-0.2, 0) is 6.54 Å². The van der Waals surface area contributed by atoms with Crippen molar-refractivity contribution in [2.75, 3.05) is 0 Å². The first-order chi connectivity index (χ1) is 9.65. The zero-order valence-corrected chi connectivity index (χ0v) is 14.3. The molecule has 21 heavy (non-hydrogen) atoms. The molecule has 118 valence electrons. The van der Waals surface area contributed by atoms with Gasteiger partial charge in [0.05, 0.1) is 6.54 Å². The van der Waals surface area contributed by atoms with Gasteiger partial charge in [-0.1, -0.05) is 31.7 Å². The summed E-state index contributed by atoms with van der Waals surface area (Å²) in [6, 6.07) is 4.64. The van der Waals surface area contributed by atoms with Crippen LogP contribution in [0.3, 0.4) is 0 Å². The summed E-state index contributed by atoms with van der Waals surface area (Å²) in [7, 11) is 0. The largest absolute Gasteiger partial charge is 0.505 e. The van der Waals surface area contributed by atoms with Gasteiger partial charge < -0.3 is 16.2 Å². The molecule has 0 aromatic heterocycles. The van der Waals surface area contributed by atoms with Gasteiger partial charge in [0.2, 0.25) is 0 Å². The standard InChI is InChI=1S/C15H22FN3O.HI/c16-13-9-11(7-8-14(13)20)10-18-15(17)19-12-5-3-1-2-4-6-12;/h7-9,12,20H,1-6,10H2,(H3,17,18,19);1H. The van der Waals surface area contributed by atoms with Crippen LogP contribution in [-0.4, -0.2) is 17.1 Å². The maximum Gasteiger partial charge on any atom is 0.189 e. The van der Waals surface area contributed by atoms with Crippen molar-refractivity contribution < 1.29 is 9.50 Å². The Labute approximate surface area is 142 Å². The van der Waals surface area contributed by atoms with Crippen molar-refractivity contribution in [3.63, 3.8) is 0 Å². The number of nitrogens with one attached hydrogen (secondary N) is 1. The average molecular weight is 407 g/mol. The molecule has 1 aromatic carbocycles. The summed E-state index contributed by atoms with van der Waals surface area (Å²) < 4.78 is 13.2. The molecule has 0 heterocycles. The van der Waals surface area contributed by atoms with E-state index in [-0.39, 0.29) is 29.7 Å². The van der Waals surface area contributed by atoms with Crippen molar-refractivity contribution in [3.8, 4) is 5.75 Å². The fraction of sp³-hybridized carbons (Fsp3) is 0.533. The number of aliphatic imine (C=N–C) groups is 1. The maximum absolute atomic E-state index is 13.2. The second-order valence-electron chi connectivity index (χ2n) is 5.32. The molecule has 1 aliphatic rings. The molecular weight excluding hydrogens is 384 g/mol. The Morgan fingerprint density at radius 2 is 1.95 bits per heavy atom. The first-order valence-corrected chi connectivity index (χ1v) is 7.19. The molecule has 0 amide bonds. The van der Waals surface area contributed by atoms with E-state index in [9.17, 15) is 4.39 Å². The third kappa shape index (κ3) is 6.07. The number of guanidine groups is 1. The van der Waals surface area contributed by atoms with E-state index in [0.717, 1.165) is 12.8 Å². The van der Waals surface area contributed by atoms with Crippen LogP contribution in [0.25, 0.3) is 0 Å². The highest BCUT2D eigenvalue weighted by Crippen LogP contribution is 2.18. The molecule has 1 saturated carbocycles. The minimum Gasteiger partial charge on any atom is -0.505 e. The molecule has 6 heteroatoms. The Balaban J connectivity index is 0.00000220. The lowest BCUT2D eigenvalue weighted by Gasteiger charge is -2.16. The zero-order chi connectivity index (χ0) is 14.4. The van der Waals surface area contributed by atoms with Crippen molar-refractivity contribution in [2.24, 2.45) is 10.7 Å². The molecule has 0 bridgehead atoms. The second-order valence-corrected chi connectivity index (χ2v) is 5.32. The number of phenols is 1. The van der Waals surface area contributed by atoms with Crippen LogP contribution < -0.4 is 11.1 Å². The lowest BCUT2D eigenvalue weighted by atomic mass is 10.1. The monoisotopic (exact) mass is 407 g/mol. The van der Waals surface area contributed by atoms with Crippen molar-refractivity contribution >= 4 is 29.9 Å². The Bertz CT molecular complexity index is 474. The summed E-state index contributed by atoms with van der Waals surface area (Å²) in [5, 5.41) is 12.4. The van der Waals surface area contributed by atoms with Gasteiger partial charge in [0.25, 0.3) is 0 Å². The summed E-state index contributed by atoms with van der Waals surface area (Å²) in [5.41, 5.74) is 6.55. The third-order valence-electron chi connectivity index (χ3n) is 3.65. The van der Waals surface area contributed by atoms with Crippen LogP contribution in [0, 0.1) is 5.82 Å². The third-order valence-corrected chi connectivity index (χ3v) is 3.65. The van der Waals surface area contributed by atoms with Gasteiger partial charge in [-0.2, -0.15) is 0 Å². The van der Waals surface area contributed by atoms with Crippen LogP contribution in [0.15, 0.2) is 23.2 Å². The van der Waals surface area contributed by atoms with Gasteiger partial charge in [0.15, 0.2) is 17.5 Å². The topological polar surface area (TPSA) is 70.6 Å². The molecule has 0 aliphatic heterocycles. The van der Waals surface area contributed by atoms with E-state index in [0.29, 0.717) is 24.1 Å². The van der Waals surface area contributed by atoms with E-state index in [4.69, 9.17) is 10.8 Å². The number of rotatable bonds is 3. The lowest BCUT2D eigenvalue weighted by Crippen LogP contribution is -2.39. The molecule has 0 saturated heterocycles. The molecule has 1 aromatic rings. The van der Waals surface area contributed by atoms with E-state index in [1.165, 1.54) is 37.8 Å². The summed E-state index contributed by atoms with van der Waals surface area (Å²) >= 11 is 0. The lowest BCUT2D eigenvalue weighted by molar-refractivity contribution is 0.432. The maximum atomic E-state index is 13.2. The minimum absolute atomic E-state index is 0. The van der Waals surface area contributed by atoms with Crippen LogP contribution >= 0.6 is 24.0 Å². The molecule has 0 spiro atoms. The first kappa shape index (κ1) is 18.0. The van der Waals surface area contributed by atoms with Crippen molar-refractivity contribution in [3.05, 3.63) is 29.6 Å². The predicted octanol–water partition coefficient (Wildman–Crippen LogP) is 3.28. The van der Waals surface area contributed by atoms with E-state index in [1.807, 2.05) is 0 Å². The number of phenolic OH excluding ortho intramolecular Hbond substituents is 1. The van der Waals surface area contributed by atoms with Crippen molar-refractivity contribution in [2.45, 2.75) is 51.1 Å². The number of aromatic hydroxyl groups is 1. The van der Waals surface area contributed by atoms with Crippen LogP contribution in [0.1, 0.15) is 44.1 Å². The minimum atomic E-state index is -0.631. The van der Waals surface area contributed by atoms with E-state index >= 15 is 0 Å². The van der Waals surface area contributed by atoms with Gasteiger partial charge in [0, 0.05) is 6.04 Å². The predicted molar refractivity (Wildman–Crippen MR) is 93.4 cm³/mol. The molecule has 1 fully saturated rings. The zero-order valence-electron chi connectivity index (χ0n) is 12.0. The number of nitrogens with zero attached hydrogens (tertiary/aromatic N) is 1. The Morgan fingerprint density at radius 3 is 2.57 bits per heavy atom. The smallest absolute Gasteiger partial charge is 0.189 e. The first-order valence-electron chi connectivity index (χ1n) is 7.19. The number of nitrogens with two attached hydrogens (primary N) is 1. The molecule has 1 aliphatic carbocycles. The molecule has 0 radical (unpaired) electrons. The van der Waals surface area contributed by atoms with Crippen LogP contribution in [0.4, 0.5) is 4.39 Å². The summed E-state index contributed by atoms with van der Waals surface area (Å²) in [6.07, 6.45) is 7.31. The van der Waals surface area contributed by atoms with Gasteiger partial charge >= 0.3 is 0 Å². The Hall–Kier alpha value is -1.05. The SMILES string of the molecule is I.NC(=NCc1ccc(O)c(F)c1)NC1CCCCCC1. The normalized spacial score (nSPS) is 16.9. The van der Waals surface area contributed by atoms with Crippen LogP contribution in [0.5, 0.6) is 5.75 Å². The summed E-state index contributed by atoms with van der Waals surface area (Å²) in [6.45, 7) is 0.308. The quantitative estimate of drug-likeness (QED) is 0.312. The second kappa shape index (κ2) is 9.07. The Kier molecular flexibility index (Phi) is 7.77. The molecule has 4 N–H and O–H groups in total. The number of hydrogen-bond acceptors (Lipinski definition) is 2. The molecule has 4 nitrogen and oxygen atoms in total. The van der Waals surface area contributed by atoms with Gasteiger partial charge in [-0.3, -0.25) is 0 Å². The molecular formula is C15H23FIN3O. The highest BCUT2D eigenvalue weighted by molar-refractivity contribution is 14.0. The van der Waals surface area contributed by atoms with Crippen LogP contribution in [0.2, 0.25) is 0 Å². The van der Waals surface area contributed by atoms with Gasteiger partial charge in [-0.25, -0.2) is 9.38 Å². The highest BCUT2D eigenvalue weighted by atomic mass is 127. The molecule has 0 unspecified atom stereocenters. The van der Waals surface area contributed by atoms with E-state index in [2.05, 4.69) is 10.3 Å². The fourth-order valence-electron chi connectivity index (χ4n) is 2.50. The fourth-order valence-corrected chi connectivity index (χ4v) is 2.50. The number of hydrogen-bond donors (Lipinski definition) is 3. The highest BCUT2D eigenvalue weighted by Gasteiger charge is 2.12. The Morgan fingerprint density at radius 1 is 1.29 bits per heavy atom. The number of halogens is 2. The summed E-state index contributed by atoms with van der Waals surface area (Å²) in [5.74, 6) is -0.569. The average Bonchev–Trinajstić information content (AvgIpc) is 2.69. The van der Waals surface area contributed by atoms with Crippen molar-refractivity contribution in [1.82, 2.24) is 5.32 Å². The van der Waals surface area contributed by atoms with Gasteiger partial charge in [-0.15, -0.1) is 24.0 Å². The summed E-state index contributed by atoms with van der Waals surface area (Å²) in [4.78, 5) is 4.22. The molecule has 0 atom stereocenters.